The van der Waals surface area contributed by atoms with E-state index < -0.39 is 0 Å². The lowest BCUT2D eigenvalue weighted by molar-refractivity contribution is 0.709. The lowest BCUT2D eigenvalue weighted by Gasteiger charge is -2.24. The molecule has 14 aromatic rings. The van der Waals surface area contributed by atoms with Crippen LogP contribution in [-0.2, 0) is 0 Å². The number of aromatic nitrogens is 4. The number of hydrogen-bond acceptors (Lipinski definition) is 6. The van der Waals surface area contributed by atoms with Crippen molar-refractivity contribution in [1.29, 1.82) is 0 Å². The molecule has 2 unspecified atom stereocenters. The molecule has 8 nitrogen and oxygen atoms in total. The highest BCUT2D eigenvalue weighted by Gasteiger charge is 2.32. The van der Waals surface area contributed by atoms with Crippen molar-refractivity contribution in [1.82, 2.24) is 19.6 Å². The molecule has 12 aromatic carbocycles. The molecule has 0 fully saturated rings. The third kappa shape index (κ3) is 12.0. The Hall–Kier alpha value is -12.0. The minimum absolute atomic E-state index is 0.138. The summed E-state index contributed by atoms with van der Waals surface area (Å²) in [6, 6.07) is 123. The van der Waals surface area contributed by atoms with Crippen molar-refractivity contribution in [2.45, 2.75) is 24.9 Å². The van der Waals surface area contributed by atoms with E-state index in [2.05, 4.69) is 289 Å². The van der Waals surface area contributed by atoms with Gasteiger partial charge in [-0.05, 0) is 105 Å². The fraction of sp³-hybridized carbons (Fsp3) is 0.0476. The van der Waals surface area contributed by atoms with Crippen LogP contribution in [0.5, 0.6) is 0 Å². The lowest BCUT2D eigenvalue weighted by Crippen LogP contribution is -2.18. The zero-order valence-electron chi connectivity index (χ0n) is 50.6. The molecule has 0 radical (unpaired) electrons. The van der Waals surface area contributed by atoms with Gasteiger partial charge < -0.3 is 0 Å². The maximum atomic E-state index is 5.10. The van der Waals surface area contributed by atoms with Crippen LogP contribution in [0.4, 0.5) is 11.4 Å². The first-order valence-electron chi connectivity index (χ1n) is 31.4. The second-order valence-corrected chi connectivity index (χ2v) is 23.1. The second kappa shape index (κ2) is 26.0. The Morgan fingerprint density at radius 3 is 0.783 bits per heavy atom. The average Bonchev–Trinajstić information content (AvgIpc) is 1.91. The fourth-order valence-electron chi connectivity index (χ4n) is 12.5. The van der Waals surface area contributed by atoms with Crippen LogP contribution in [0.2, 0.25) is 0 Å². The third-order valence-electron chi connectivity index (χ3n) is 17.3. The summed E-state index contributed by atoms with van der Waals surface area (Å²) in [5, 5.41) is 24.6. The Balaban J connectivity index is 0.000000153. The van der Waals surface area contributed by atoms with E-state index in [9.17, 15) is 0 Å². The first-order valence-corrected chi connectivity index (χ1v) is 31.4. The monoisotopic (exact) mass is 1180 g/mol. The number of para-hydroxylation sites is 4. The summed E-state index contributed by atoms with van der Waals surface area (Å²) in [7, 11) is 0. The van der Waals surface area contributed by atoms with E-state index in [0.717, 1.165) is 103 Å². The summed E-state index contributed by atoms with van der Waals surface area (Å²) < 4.78 is 4.07. The number of rotatable bonds is 14. The van der Waals surface area contributed by atoms with E-state index in [1.54, 1.807) is 0 Å². The van der Waals surface area contributed by atoms with Crippen molar-refractivity contribution in [3.05, 3.63) is 374 Å². The first kappa shape index (κ1) is 56.5. The topological polar surface area (TPSA) is 66.8 Å². The largest absolute Gasteiger partial charge is 0.257 e. The molecular weight excluding hydrogens is 1120 g/mol. The third-order valence-corrected chi connectivity index (χ3v) is 17.3. The van der Waals surface area contributed by atoms with Crippen molar-refractivity contribution in [3.63, 3.8) is 0 Å². The predicted molar refractivity (Wildman–Crippen MR) is 378 cm³/mol. The van der Waals surface area contributed by atoms with Gasteiger partial charge in [0, 0.05) is 35.1 Å². The quantitative estimate of drug-likeness (QED) is 0.109. The molecule has 8 heteroatoms. The van der Waals surface area contributed by atoms with Gasteiger partial charge in [-0.15, -0.1) is 0 Å². The lowest BCUT2D eigenvalue weighted by atomic mass is 9.94. The van der Waals surface area contributed by atoms with E-state index >= 15 is 0 Å². The summed E-state index contributed by atoms with van der Waals surface area (Å²) in [4.78, 5) is 0. The van der Waals surface area contributed by atoms with Gasteiger partial charge >= 0.3 is 0 Å². The van der Waals surface area contributed by atoms with E-state index in [0.29, 0.717) is 0 Å². The SMILES string of the molecule is c1ccc(-c2cc(-c3ccc(-c4ccc(-c5cc(-c6ccccc6)nn5-c5ccccc5)cc4)cc3)n(-c3ccccc3)n2)cc1.c1ccc(C2=NN(c3ccccc3)C(c3ccc(-c4ccc(C5CC(c6ccccc6)=NN5c5ccccc5)cc4)cc3)C2)cc1. The molecule has 0 aliphatic carbocycles. The Kier molecular flexibility index (Phi) is 16.0. The van der Waals surface area contributed by atoms with Crippen LogP contribution in [0.3, 0.4) is 0 Å². The van der Waals surface area contributed by atoms with Gasteiger partial charge in [-0.3, -0.25) is 10.0 Å². The van der Waals surface area contributed by atoms with Crippen LogP contribution < -0.4 is 10.0 Å². The van der Waals surface area contributed by atoms with Crippen LogP contribution in [0, 0.1) is 0 Å². The molecule has 16 rings (SSSR count). The van der Waals surface area contributed by atoms with Crippen molar-refractivity contribution >= 4 is 22.8 Å². The van der Waals surface area contributed by atoms with E-state index in [4.69, 9.17) is 20.4 Å². The zero-order valence-corrected chi connectivity index (χ0v) is 50.6. The highest BCUT2D eigenvalue weighted by Crippen LogP contribution is 2.41. The predicted octanol–water partition coefficient (Wildman–Crippen LogP) is 20.5. The number of hydrazone groups is 2. The van der Waals surface area contributed by atoms with Gasteiger partial charge in [-0.2, -0.15) is 20.4 Å². The van der Waals surface area contributed by atoms with Crippen LogP contribution in [-0.4, -0.2) is 31.0 Å². The van der Waals surface area contributed by atoms with Crippen molar-refractivity contribution in [3.8, 4) is 78.7 Å². The van der Waals surface area contributed by atoms with E-state index in [-0.39, 0.29) is 12.1 Å². The summed E-state index contributed by atoms with van der Waals surface area (Å²) in [6.45, 7) is 0. The summed E-state index contributed by atoms with van der Waals surface area (Å²) in [6.07, 6.45) is 1.72. The molecule has 0 bridgehead atoms. The number of nitrogens with zero attached hydrogens (tertiary/aromatic N) is 8. The van der Waals surface area contributed by atoms with Gasteiger partial charge in [0.05, 0.1) is 69.0 Å². The highest BCUT2D eigenvalue weighted by molar-refractivity contribution is 6.04. The molecule has 0 spiro atoms. The van der Waals surface area contributed by atoms with Crippen LogP contribution in [0.25, 0.3) is 78.7 Å². The number of anilines is 2. The van der Waals surface area contributed by atoms with Crippen molar-refractivity contribution < 1.29 is 0 Å². The molecule has 0 N–H and O–H groups in total. The maximum Gasteiger partial charge on any atom is 0.0934 e. The molecule has 2 aromatic heterocycles. The minimum atomic E-state index is 0.138. The fourth-order valence-corrected chi connectivity index (χ4v) is 12.5. The van der Waals surface area contributed by atoms with Crippen molar-refractivity contribution in [2.24, 2.45) is 10.2 Å². The first-order chi connectivity index (χ1) is 45.6. The van der Waals surface area contributed by atoms with E-state index in [1.807, 2.05) is 82.2 Å². The average molecular weight is 1190 g/mol. The molecule has 0 saturated carbocycles. The van der Waals surface area contributed by atoms with E-state index in [1.165, 1.54) is 33.4 Å². The number of benzene rings is 12. The van der Waals surface area contributed by atoms with Crippen LogP contribution in [0.15, 0.2) is 362 Å². The Morgan fingerprint density at radius 2 is 0.478 bits per heavy atom. The summed E-state index contributed by atoms with van der Waals surface area (Å²) >= 11 is 0. The molecule has 2 atom stereocenters. The van der Waals surface area contributed by atoms with Gasteiger partial charge in [0.2, 0.25) is 0 Å². The van der Waals surface area contributed by atoms with Gasteiger partial charge in [-0.25, -0.2) is 9.36 Å². The zero-order chi connectivity index (χ0) is 61.4. The molecule has 440 valence electrons. The Bertz CT molecular complexity index is 4480. The summed E-state index contributed by atoms with van der Waals surface area (Å²) in [5.74, 6) is 0. The van der Waals surface area contributed by atoms with Crippen LogP contribution >= 0.6 is 0 Å². The number of hydrogen-bond donors (Lipinski definition) is 0. The summed E-state index contributed by atoms with van der Waals surface area (Å²) in [5.41, 5.74) is 24.5. The van der Waals surface area contributed by atoms with Gasteiger partial charge in [0.25, 0.3) is 0 Å². The van der Waals surface area contributed by atoms with Gasteiger partial charge in [0.15, 0.2) is 0 Å². The maximum absolute atomic E-state index is 5.10. The molecule has 2 aliphatic rings. The standard InChI is InChI=1S/C42H34N4.C42H30N4/c2*1-5-13-33(14-6-1)39-29-41(45(43-39)37-17-9-3-10-18-37)35-25-21-31(22-26-35)32-23-27-36(28-24-32)42-30-40(34-15-7-2-8-16-34)44-46(42)38-19-11-4-12-20-38/h1-28,41-42H,29-30H2;1-30H. The minimum Gasteiger partial charge on any atom is -0.257 e. The molecule has 92 heavy (non-hydrogen) atoms. The molecule has 0 amide bonds. The molecule has 2 aliphatic heterocycles. The van der Waals surface area contributed by atoms with Gasteiger partial charge in [0.1, 0.15) is 0 Å². The Morgan fingerprint density at radius 1 is 0.228 bits per heavy atom. The molecule has 4 heterocycles. The smallest absolute Gasteiger partial charge is 0.0934 e. The molecule has 0 saturated heterocycles. The second-order valence-electron chi connectivity index (χ2n) is 23.1. The normalized spacial score (nSPS) is 14.3. The van der Waals surface area contributed by atoms with Gasteiger partial charge in [-0.1, -0.05) is 291 Å². The Labute approximate surface area is 537 Å². The molecular formula is C84H64N8. The van der Waals surface area contributed by atoms with Crippen LogP contribution in [0.1, 0.15) is 47.2 Å². The highest BCUT2D eigenvalue weighted by atomic mass is 15.5. The van der Waals surface area contributed by atoms with Crippen molar-refractivity contribution in [2.75, 3.05) is 10.0 Å².